The van der Waals surface area contributed by atoms with Gasteiger partial charge in [0.2, 0.25) is 0 Å². The van der Waals surface area contributed by atoms with Crippen molar-refractivity contribution in [3.05, 3.63) is 59.2 Å². The maximum atomic E-state index is 12.5. The Balaban J connectivity index is 1.40. The first-order chi connectivity index (χ1) is 13.6. The fraction of sp³-hybridized carbons (Fsp3) is 0.480. The van der Waals surface area contributed by atoms with E-state index in [-0.39, 0.29) is 5.41 Å². The molecule has 0 amide bonds. The monoisotopic (exact) mass is 376 g/mol. The molecule has 0 bridgehead atoms. The number of hydrogen-bond acceptors (Lipinski definition) is 3. The minimum atomic E-state index is -0.0978. The first-order valence-electron chi connectivity index (χ1n) is 10.6. The first-order valence-corrected chi connectivity index (χ1v) is 10.6. The molecular formula is C25H28O3. The highest BCUT2D eigenvalue weighted by atomic mass is 16.5. The molecule has 0 spiro atoms. The van der Waals surface area contributed by atoms with Gasteiger partial charge in [-0.2, -0.15) is 0 Å². The summed E-state index contributed by atoms with van der Waals surface area (Å²) in [6.45, 7) is 2.67. The molecule has 1 N–H and O–H groups in total. The number of carbonyl (C=O) groups is 1. The van der Waals surface area contributed by atoms with E-state index in [9.17, 15) is 9.90 Å². The molecule has 0 heterocycles. The van der Waals surface area contributed by atoms with E-state index < -0.39 is 0 Å². The number of rotatable bonds is 3. The van der Waals surface area contributed by atoms with Crippen LogP contribution in [0, 0.1) is 17.3 Å². The summed E-state index contributed by atoms with van der Waals surface area (Å²) in [6.07, 6.45) is 5.81. The molecule has 0 radical (unpaired) electrons. The molecule has 28 heavy (non-hydrogen) atoms. The van der Waals surface area contributed by atoms with E-state index in [4.69, 9.17) is 4.74 Å². The topological polar surface area (TPSA) is 46.5 Å². The summed E-state index contributed by atoms with van der Waals surface area (Å²) < 4.78 is 5.93. The van der Waals surface area contributed by atoms with Gasteiger partial charge < -0.3 is 9.84 Å². The average molecular weight is 376 g/mol. The molecule has 0 unspecified atom stereocenters. The quantitative estimate of drug-likeness (QED) is 0.780. The average Bonchev–Trinajstić information content (AvgIpc) is 3.03. The number of ketones is 1. The summed E-state index contributed by atoms with van der Waals surface area (Å²) >= 11 is 0. The minimum absolute atomic E-state index is 0.0978. The Hall–Kier alpha value is -2.29. The lowest BCUT2D eigenvalue weighted by Gasteiger charge is -2.48. The van der Waals surface area contributed by atoms with Crippen molar-refractivity contribution in [2.75, 3.05) is 0 Å². The summed E-state index contributed by atoms with van der Waals surface area (Å²) in [4.78, 5) is 12.5. The van der Waals surface area contributed by atoms with E-state index >= 15 is 0 Å². The Morgan fingerprint density at radius 3 is 2.71 bits per heavy atom. The van der Waals surface area contributed by atoms with Gasteiger partial charge in [0.1, 0.15) is 12.4 Å². The number of aromatic hydroxyl groups is 1. The van der Waals surface area contributed by atoms with Crippen molar-refractivity contribution in [3.63, 3.8) is 0 Å². The van der Waals surface area contributed by atoms with Gasteiger partial charge in [-0.1, -0.05) is 43.3 Å². The zero-order chi connectivity index (χ0) is 19.3. The van der Waals surface area contributed by atoms with Crippen molar-refractivity contribution in [2.45, 2.75) is 58.0 Å². The number of carbonyl (C=O) groups excluding carboxylic acids is 1. The van der Waals surface area contributed by atoms with E-state index in [1.807, 2.05) is 36.4 Å². The highest BCUT2D eigenvalue weighted by Crippen LogP contribution is 2.60. The second-order valence-electron chi connectivity index (χ2n) is 9.09. The molecule has 2 aromatic rings. The van der Waals surface area contributed by atoms with Crippen LogP contribution in [0.1, 0.15) is 61.6 Å². The van der Waals surface area contributed by atoms with Crippen LogP contribution in [0.4, 0.5) is 0 Å². The molecule has 0 aromatic heterocycles. The lowest BCUT2D eigenvalue weighted by molar-refractivity contribution is -0.129. The zero-order valence-electron chi connectivity index (χ0n) is 16.5. The van der Waals surface area contributed by atoms with E-state index in [1.54, 1.807) is 0 Å². The Morgan fingerprint density at radius 1 is 1.07 bits per heavy atom. The van der Waals surface area contributed by atoms with Crippen LogP contribution < -0.4 is 4.74 Å². The third-order valence-corrected chi connectivity index (χ3v) is 7.79. The second-order valence-corrected chi connectivity index (χ2v) is 9.09. The lowest BCUT2D eigenvalue weighted by atomic mass is 9.55. The van der Waals surface area contributed by atoms with E-state index in [0.717, 1.165) is 49.7 Å². The number of hydrogen-bond donors (Lipinski definition) is 1. The Labute approximate surface area is 166 Å². The molecule has 3 aliphatic carbocycles. The van der Waals surface area contributed by atoms with Gasteiger partial charge in [-0.05, 0) is 67.1 Å². The van der Waals surface area contributed by atoms with Gasteiger partial charge in [-0.25, -0.2) is 0 Å². The predicted octanol–water partition coefficient (Wildman–Crippen LogP) is 5.40. The number of phenols is 1. The standard InChI is InChI=1S/C25H28O3/c1-25-14-13-18-17-9-11-22(28-15-16-5-3-2-4-6-16)24(27)20(17)8-7-19(18)21(25)10-12-23(25)26/h2-6,9,11,18-19,21,27H,7-8,10,12-15H2,1H3/t18-,19-,21+,25+/m1/s1. The fourth-order valence-corrected chi connectivity index (χ4v) is 6.25. The molecule has 5 rings (SSSR count). The van der Waals surface area contributed by atoms with Crippen molar-refractivity contribution in [2.24, 2.45) is 17.3 Å². The molecule has 0 saturated heterocycles. The van der Waals surface area contributed by atoms with Crippen LogP contribution in [-0.4, -0.2) is 10.9 Å². The maximum Gasteiger partial charge on any atom is 0.161 e. The third-order valence-electron chi connectivity index (χ3n) is 7.79. The van der Waals surface area contributed by atoms with Crippen LogP contribution in [0.25, 0.3) is 0 Å². The fourth-order valence-electron chi connectivity index (χ4n) is 6.25. The molecule has 3 aliphatic rings. The van der Waals surface area contributed by atoms with Crippen LogP contribution in [0.5, 0.6) is 11.5 Å². The Kier molecular flexibility index (Phi) is 4.22. The van der Waals surface area contributed by atoms with Gasteiger partial charge in [-0.15, -0.1) is 0 Å². The normalized spacial score (nSPS) is 31.0. The van der Waals surface area contributed by atoms with Crippen molar-refractivity contribution in [1.29, 1.82) is 0 Å². The highest BCUT2D eigenvalue weighted by Gasteiger charge is 2.54. The smallest absolute Gasteiger partial charge is 0.161 e. The van der Waals surface area contributed by atoms with Crippen molar-refractivity contribution in [3.8, 4) is 11.5 Å². The van der Waals surface area contributed by atoms with Gasteiger partial charge in [0, 0.05) is 17.4 Å². The summed E-state index contributed by atoms with van der Waals surface area (Å²) in [5, 5.41) is 10.9. The largest absolute Gasteiger partial charge is 0.504 e. The van der Waals surface area contributed by atoms with Crippen molar-refractivity contribution < 1.29 is 14.6 Å². The highest BCUT2D eigenvalue weighted by molar-refractivity contribution is 5.87. The van der Waals surface area contributed by atoms with E-state index in [2.05, 4.69) is 13.0 Å². The summed E-state index contributed by atoms with van der Waals surface area (Å²) in [6, 6.07) is 14.2. The van der Waals surface area contributed by atoms with Crippen molar-refractivity contribution >= 4 is 5.78 Å². The minimum Gasteiger partial charge on any atom is -0.504 e. The molecular weight excluding hydrogens is 348 g/mol. The van der Waals surface area contributed by atoms with Gasteiger partial charge in [0.05, 0.1) is 0 Å². The Morgan fingerprint density at radius 2 is 1.89 bits per heavy atom. The Bertz CT molecular complexity index is 904. The third kappa shape index (κ3) is 2.67. The predicted molar refractivity (Wildman–Crippen MR) is 109 cm³/mol. The maximum absolute atomic E-state index is 12.5. The number of ether oxygens (including phenoxy) is 1. The van der Waals surface area contributed by atoms with E-state index in [1.165, 1.54) is 5.56 Å². The zero-order valence-corrected chi connectivity index (χ0v) is 16.5. The summed E-state index contributed by atoms with van der Waals surface area (Å²) in [7, 11) is 0. The van der Waals surface area contributed by atoms with Crippen LogP contribution in [0.3, 0.4) is 0 Å². The van der Waals surface area contributed by atoms with Crippen LogP contribution in [-0.2, 0) is 17.8 Å². The summed E-state index contributed by atoms with van der Waals surface area (Å²) in [5.41, 5.74) is 3.36. The molecule has 0 aliphatic heterocycles. The van der Waals surface area contributed by atoms with Gasteiger partial charge in [0.15, 0.2) is 11.5 Å². The SMILES string of the molecule is C[C@]12CC[C@@H]3c4ccc(OCc5ccccc5)c(O)c4CC[C@H]3[C@@H]1CCC2=O. The molecule has 3 nitrogen and oxygen atoms in total. The number of Topliss-reactive ketones (excluding diaryl/α,β-unsaturated/α-hetero) is 1. The van der Waals surface area contributed by atoms with Crippen molar-refractivity contribution in [1.82, 2.24) is 0 Å². The number of phenolic OH excluding ortho intramolecular Hbond substituents is 1. The summed E-state index contributed by atoms with van der Waals surface area (Å²) in [5.74, 6) is 2.95. The molecule has 3 heteroatoms. The lowest BCUT2D eigenvalue weighted by Crippen LogP contribution is -2.42. The van der Waals surface area contributed by atoms with Gasteiger partial charge in [0.25, 0.3) is 0 Å². The van der Waals surface area contributed by atoms with E-state index in [0.29, 0.717) is 41.6 Å². The van der Waals surface area contributed by atoms with Crippen LogP contribution in [0.15, 0.2) is 42.5 Å². The molecule has 2 aromatic carbocycles. The molecule has 2 saturated carbocycles. The van der Waals surface area contributed by atoms with Crippen LogP contribution >= 0.6 is 0 Å². The first kappa shape index (κ1) is 17.8. The molecule has 4 atom stereocenters. The van der Waals surface area contributed by atoms with Gasteiger partial charge in [-0.3, -0.25) is 4.79 Å². The number of fused-ring (bicyclic) bond motifs is 5. The molecule has 146 valence electrons. The van der Waals surface area contributed by atoms with Gasteiger partial charge >= 0.3 is 0 Å². The second kappa shape index (κ2) is 6.65. The number of benzene rings is 2. The molecule has 2 fully saturated rings. The van der Waals surface area contributed by atoms with Crippen LogP contribution in [0.2, 0.25) is 0 Å².